The van der Waals surface area contributed by atoms with Gasteiger partial charge in [-0.1, -0.05) is 34.1 Å². The first-order valence-electron chi connectivity index (χ1n) is 7.09. The normalized spacial score (nSPS) is 22.9. The van der Waals surface area contributed by atoms with Crippen molar-refractivity contribution in [2.75, 3.05) is 26.2 Å². The van der Waals surface area contributed by atoms with Crippen LogP contribution in [0.25, 0.3) is 0 Å². The van der Waals surface area contributed by atoms with Crippen LogP contribution in [0.15, 0.2) is 0 Å². The molecule has 102 valence electrons. The molecule has 1 saturated heterocycles. The molecule has 1 unspecified atom stereocenters. The maximum absolute atomic E-state index is 9.93. The predicted molar refractivity (Wildman–Crippen MR) is 73.2 cm³/mol. The third kappa shape index (κ3) is 5.36. The summed E-state index contributed by atoms with van der Waals surface area (Å²) in [5.74, 6) is 0. The Balaban J connectivity index is 2.21. The molecule has 1 rings (SSSR count). The predicted octanol–water partition coefficient (Wildman–Crippen LogP) is 1.86. The SMILES string of the molecule is CCC1(C)CCN(CC(O)CNC(C)C)CC1. The third-order valence-corrected chi connectivity index (χ3v) is 4.15. The van der Waals surface area contributed by atoms with Gasteiger partial charge in [-0.25, -0.2) is 0 Å². The topological polar surface area (TPSA) is 35.5 Å². The van der Waals surface area contributed by atoms with E-state index in [0.29, 0.717) is 18.0 Å². The van der Waals surface area contributed by atoms with Crippen molar-refractivity contribution < 1.29 is 5.11 Å². The van der Waals surface area contributed by atoms with E-state index in [0.717, 1.165) is 19.6 Å². The number of aliphatic hydroxyl groups excluding tert-OH is 1. The van der Waals surface area contributed by atoms with Gasteiger partial charge in [0, 0.05) is 19.1 Å². The Kier molecular flexibility index (Phi) is 5.90. The van der Waals surface area contributed by atoms with E-state index >= 15 is 0 Å². The zero-order valence-electron chi connectivity index (χ0n) is 12.0. The molecule has 1 aliphatic rings. The summed E-state index contributed by atoms with van der Waals surface area (Å²) in [6, 6.07) is 0.453. The number of nitrogens with one attached hydrogen (secondary N) is 1. The first-order chi connectivity index (χ1) is 7.95. The fraction of sp³-hybridized carbons (Fsp3) is 1.00. The van der Waals surface area contributed by atoms with E-state index in [1.165, 1.54) is 19.3 Å². The molecule has 3 nitrogen and oxygen atoms in total. The Morgan fingerprint density at radius 2 is 1.88 bits per heavy atom. The number of nitrogens with zero attached hydrogens (tertiary/aromatic N) is 1. The van der Waals surface area contributed by atoms with Crippen molar-refractivity contribution in [1.82, 2.24) is 10.2 Å². The molecule has 2 N–H and O–H groups in total. The molecular formula is C14H30N2O. The zero-order valence-corrected chi connectivity index (χ0v) is 12.0. The van der Waals surface area contributed by atoms with Crippen LogP contribution >= 0.6 is 0 Å². The standard InChI is InChI=1S/C14H30N2O/c1-5-14(4)6-8-16(9-7-14)11-13(17)10-15-12(2)3/h12-13,15,17H,5-11H2,1-4H3. The van der Waals surface area contributed by atoms with E-state index < -0.39 is 0 Å². The number of likely N-dealkylation sites (tertiary alicyclic amines) is 1. The smallest absolute Gasteiger partial charge is 0.0791 e. The second kappa shape index (κ2) is 6.72. The van der Waals surface area contributed by atoms with Crippen LogP contribution < -0.4 is 5.32 Å². The molecule has 0 radical (unpaired) electrons. The minimum Gasteiger partial charge on any atom is -0.390 e. The van der Waals surface area contributed by atoms with Gasteiger partial charge in [0.25, 0.3) is 0 Å². The second-order valence-corrected chi connectivity index (χ2v) is 6.18. The van der Waals surface area contributed by atoms with Crippen molar-refractivity contribution in [3.8, 4) is 0 Å². The number of rotatable bonds is 6. The minimum absolute atomic E-state index is 0.233. The fourth-order valence-electron chi connectivity index (χ4n) is 2.36. The van der Waals surface area contributed by atoms with Crippen molar-refractivity contribution in [3.63, 3.8) is 0 Å². The van der Waals surface area contributed by atoms with Crippen LogP contribution in [-0.4, -0.2) is 48.3 Å². The van der Waals surface area contributed by atoms with E-state index in [-0.39, 0.29) is 6.10 Å². The highest BCUT2D eigenvalue weighted by Crippen LogP contribution is 2.33. The van der Waals surface area contributed by atoms with Crippen molar-refractivity contribution in [2.24, 2.45) is 5.41 Å². The van der Waals surface area contributed by atoms with Crippen molar-refractivity contribution in [3.05, 3.63) is 0 Å². The molecule has 0 spiro atoms. The Bertz CT molecular complexity index is 210. The van der Waals surface area contributed by atoms with Crippen LogP contribution in [0, 0.1) is 5.41 Å². The summed E-state index contributed by atoms with van der Waals surface area (Å²) >= 11 is 0. The molecule has 3 heteroatoms. The van der Waals surface area contributed by atoms with Gasteiger partial charge >= 0.3 is 0 Å². The van der Waals surface area contributed by atoms with Gasteiger partial charge in [0.1, 0.15) is 0 Å². The van der Waals surface area contributed by atoms with E-state index in [9.17, 15) is 5.11 Å². The summed E-state index contributed by atoms with van der Waals surface area (Å²) in [4.78, 5) is 2.41. The van der Waals surface area contributed by atoms with Gasteiger partial charge in [0.05, 0.1) is 6.10 Å². The molecule has 0 aromatic heterocycles. The van der Waals surface area contributed by atoms with Crippen LogP contribution in [0.5, 0.6) is 0 Å². The second-order valence-electron chi connectivity index (χ2n) is 6.18. The van der Waals surface area contributed by atoms with Gasteiger partial charge in [-0.2, -0.15) is 0 Å². The first kappa shape index (κ1) is 14.9. The fourth-order valence-corrected chi connectivity index (χ4v) is 2.36. The first-order valence-corrected chi connectivity index (χ1v) is 7.09. The summed E-state index contributed by atoms with van der Waals surface area (Å²) in [6.07, 6.45) is 3.59. The minimum atomic E-state index is -0.233. The molecule has 0 aromatic carbocycles. The van der Waals surface area contributed by atoms with Crippen LogP contribution in [-0.2, 0) is 0 Å². The number of piperidine rings is 1. The van der Waals surface area contributed by atoms with Crippen LogP contribution in [0.2, 0.25) is 0 Å². The Morgan fingerprint density at radius 3 is 2.35 bits per heavy atom. The number of hydrogen-bond donors (Lipinski definition) is 2. The van der Waals surface area contributed by atoms with Crippen LogP contribution in [0.1, 0.15) is 47.0 Å². The Labute approximate surface area is 107 Å². The van der Waals surface area contributed by atoms with Gasteiger partial charge in [-0.05, 0) is 31.3 Å². The highest BCUT2D eigenvalue weighted by Gasteiger charge is 2.28. The average molecular weight is 242 g/mol. The quantitative estimate of drug-likeness (QED) is 0.746. The summed E-state index contributed by atoms with van der Waals surface area (Å²) in [7, 11) is 0. The molecular weight excluding hydrogens is 212 g/mol. The Morgan fingerprint density at radius 1 is 1.29 bits per heavy atom. The molecule has 0 aromatic rings. The van der Waals surface area contributed by atoms with Crippen LogP contribution in [0.3, 0.4) is 0 Å². The van der Waals surface area contributed by atoms with Gasteiger partial charge < -0.3 is 15.3 Å². The molecule has 1 atom stereocenters. The molecule has 0 aliphatic carbocycles. The molecule has 1 aliphatic heterocycles. The monoisotopic (exact) mass is 242 g/mol. The van der Waals surface area contributed by atoms with Crippen molar-refractivity contribution >= 4 is 0 Å². The lowest BCUT2D eigenvalue weighted by Gasteiger charge is -2.39. The average Bonchev–Trinajstić information content (AvgIpc) is 2.30. The molecule has 17 heavy (non-hydrogen) atoms. The lowest BCUT2D eigenvalue weighted by Crippen LogP contribution is -2.45. The number of β-amino-alcohol motifs (C(OH)–C–C–N with tert-alkyl or cyclic N) is 1. The summed E-state index contributed by atoms with van der Waals surface area (Å²) in [6.45, 7) is 12.7. The summed E-state index contributed by atoms with van der Waals surface area (Å²) in [5.41, 5.74) is 0.539. The maximum Gasteiger partial charge on any atom is 0.0791 e. The van der Waals surface area contributed by atoms with E-state index in [1.54, 1.807) is 0 Å². The molecule has 1 fully saturated rings. The van der Waals surface area contributed by atoms with Crippen molar-refractivity contribution in [2.45, 2.75) is 59.1 Å². The Hall–Kier alpha value is -0.120. The molecule has 0 bridgehead atoms. The molecule has 1 heterocycles. The third-order valence-electron chi connectivity index (χ3n) is 4.15. The lowest BCUT2D eigenvalue weighted by molar-refractivity contribution is 0.0620. The highest BCUT2D eigenvalue weighted by molar-refractivity contribution is 4.82. The molecule has 0 saturated carbocycles. The van der Waals surface area contributed by atoms with E-state index in [4.69, 9.17) is 0 Å². The van der Waals surface area contributed by atoms with Crippen molar-refractivity contribution in [1.29, 1.82) is 0 Å². The van der Waals surface area contributed by atoms with Gasteiger partial charge in [0.15, 0.2) is 0 Å². The van der Waals surface area contributed by atoms with E-state index in [2.05, 4.69) is 37.9 Å². The van der Waals surface area contributed by atoms with Gasteiger partial charge in [-0.3, -0.25) is 0 Å². The number of hydrogen-bond acceptors (Lipinski definition) is 3. The largest absolute Gasteiger partial charge is 0.390 e. The highest BCUT2D eigenvalue weighted by atomic mass is 16.3. The molecule has 0 amide bonds. The van der Waals surface area contributed by atoms with Gasteiger partial charge in [-0.15, -0.1) is 0 Å². The van der Waals surface area contributed by atoms with Gasteiger partial charge in [0.2, 0.25) is 0 Å². The number of aliphatic hydroxyl groups is 1. The van der Waals surface area contributed by atoms with Crippen LogP contribution in [0.4, 0.5) is 0 Å². The maximum atomic E-state index is 9.93. The zero-order chi connectivity index (χ0) is 12.9. The lowest BCUT2D eigenvalue weighted by atomic mass is 9.78. The summed E-state index contributed by atoms with van der Waals surface area (Å²) < 4.78 is 0. The van der Waals surface area contributed by atoms with E-state index in [1.807, 2.05) is 0 Å². The summed E-state index contributed by atoms with van der Waals surface area (Å²) in [5, 5.41) is 13.2.